The van der Waals surface area contributed by atoms with Crippen LogP contribution in [0.4, 0.5) is 0 Å². The zero-order valence-electron chi connectivity index (χ0n) is 14.4. The number of fused-ring (bicyclic) bond motifs is 1. The lowest BCUT2D eigenvalue weighted by atomic mass is 10.0. The summed E-state index contributed by atoms with van der Waals surface area (Å²) < 4.78 is 2.02. The van der Waals surface area contributed by atoms with Gasteiger partial charge in [-0.2, -0.15) is 5.26 Å². The molecule has 0 radical (unpaired) electrons. The van der Waals surface area contributed by atoms with Gasteiger partial charge in [0, 0.05) is 22.9 Å². The SMILES string of the molecule is N#Cc1ccc(Cl)c(-c2cccc(-n3cnc4cc(CCO)ccc43)c2)c1. The van der Waals surface area contributed by atoms with Crippen LogP contribution >= 0.6 is 11.6 Å². The molecule has 4 rings (SSSR count). The van der Waals surface area contributed by atoms with Crippen molar-refractivity contribution < 1.29 is 5.11 Å². The number of aliphatic hydroxyl groups excluding tert-OH is 1. The van der Waals surface area contributed by atoms with Crippen molar-refractivity contribution in [3.63, 3.8) is 0 Å². The lowest BCUT2D eigenvalue weighted by molar-refractivity contribution is 0.299. The summed E-state index contributed by atoms with van der Waals surface area (Å²) in [5.74, 6) is 0. The quantitative estimate of drug-likeness (QED) is 0.561. The van der Waals surface area contributed by atoms with Crippen molar-refractivity contribution in [2.75, 3.05) is 6.61 Å². The monoisotopic (exact) mass is 373 g/mol. The number of imidazole rings is 1. The summed E-state index contributed by atoms with van der Waals surface area (Å²) in [7, 11) is 0. The summed E-state index contributed by atoms with van der Waals surface area (Å²) in [5, 5.41) is 18.9. The van der Waals surface area contributed by atoms with Gasteiger partial charge in [-0.25, -0.2) is 4.98 Å². The number of halogens is 1. The molecule has 0 bridgehead atoms. The average Bonchev–Trinajstić information content (AvgIpc) is 3.12. The van der Waals surface area contributed by atoms with Crippen molar-refractivity contribution in [1.29, 1.82) is 5.26 Å². The van der Waals surface area contributed by atoms with Crippen molar-refractivity contribution in [2.45, 2.75) is 6.42 Å². The van der Waals surface area contributed by atoms with E-state index in [1.165, 1.54) is 0 Å². The fourth-order valence-corrected chi connectivity index (χ4v) is 3.41. The first kappa shape index (κ1) is 17.3. The number of rotatable bonds is 4. The number of aliphatic hydroxyl groups is 1. The van der Waals surface area contributed by atoms with Crippen LogP contribution in [0.25, 0.3) is 27.8 Å². The van der Waals surface area contributed by atoms with Crippen molar-refractivity contribution in [3.05, 3.63) is 83.1 Å². The Morgan fingerprint density at radius 1 is 1.07 bits per heavy atom. The van der Waals surface area contributed by atoms with Gasteiger partial charge in [0.15, 0.2) is 0 Å². The Hall–Kier alpha value is -3.13. The van der Waals surface area contributed by atoms with Crippen LogP contribution in [0.1, 0.15) is 11.1 Å². The summed E-state index contributed by atoms with van der Waals surface area (Å²) in [5.41, 5.74) is 6.24. The molecular formula is C22H16ClN3O. The molecule has 1 N–H and O–H groups in total. The molecule has 0 amide bonds. The van der Waals surface area contributed by atoms with Crippen LogP contribution in [0.2, 0.25) is 5.02 Å². The minimum Gasteiger partial charge on any atom is -0.396 e. The molecule has 0 spiro atoms. The van der Waals surface area contributed by atoms with Gasteiger partial charge >= 0.3 is 0 Å². The Balaban J connectivity index is 1.80. The zero-order valence-corrected chi connectivity index (χ0v) is 15.2. The van der Waals surface area contributed by atoms with E-state index in [0.29, 0.717) is 17.0 Å². The van der Waals surface area contributed by atoms with E-state index in [1.807, 2.05) is 47.0 Å². The Morgan fingerprint density at radius 2 is 1.96 bits per heavy atom. The molecule has 132 valence electrons. The van der Waals surface area contributed by atoms with Gasteiger partial charge in [0.2, 0.25) is 0 Å². The van der Waals surface area contributed by atoms with E-state index >= 15 is 0 Å². The molecule has 0 atom stereocenters. The molecule has 0 saturated carbocycles. The molecule has 0 unspecified atom stereocenters. The third kappa shape index (κ3) is 3.31. The molecule has 0 aliphatic carbocycles. The Bertz CT molecular complexity index is 1170. The smallest absolute Gasteiger partial charge is 0.100 e. The van der Waals surface area contributed by atoms with Crippen LogP contribution in [0.15, 0.2) is 67.0 Å². The Morgan fingerprint density at radius 3 is 2.78 bits per heavy atom. The van der Waals surface area contributed by atoms with Crippen LogP contribution in [0, 0.1) is 11.3 Å². The lowest BCUT2D eigenvalue weighted by Crippen LogP contribution is -1.94. The number of hydrogen-bond acceptors (Lipinski definition) is 3. The fourth-order valence-electron chi connectivity index (χ4n) is 3.19. The Kier molecular flexibility index (Phi) is 4.64. The predicted octanol–water partition coefficient (Wildman–Crippen LogP) is 4.75. The van der Waals surface area contributed by atoms with Crippen LogP contribution in [0.5, 0.6) is 0 Å². The summed E-state index contributed by atoms with van der Waals surface area (Å²) in [6.45, 7) is 0.122. The lowest BCUT2D eigenvalue weighted by Gasteiger charge is -2.09. The molecule has 4 aromatic rings. The van der Waals surface area contributed by atoms with Crippen molar-refractivity contribution >= 4 is 22.6 Å². The second-order valence-electron chi connectivity index (χ2n) is 6.27. The van der Waals surface area contributed by atoms with Crippen LogP contribution in [-0.4, -0.2) is 21.3 Å². The second kappa shape index (κ2) is 7.24. The van der Waals surface area contributed by atoms with Gasteiger partial charge in [-0.05, 0) is 60.0 Å². The van der Waals surface area contributed by atoms with E-state index in [0.717, 1.165) is 33.4 Å². The molecule has 27 heavy (non-hydrogen) atoms. The predicted molar refractivity (Wildman–Crippen MR) is 107 cm³/mol. The highest BCUT2D eigenvalue weighted by Gasteiger charge is 2.09. The maximum Gasteiger partial charge on any atom is 0.100 e. The van der Waals surface area contributed by atoms with E-state index in [-0.39, 0.29) is 6.61 Å². The van der Waals surface area contributed by atoms with Gasteiger partial charge < -0.3 is 5.11 Å². The van der Waals surface area contributed by atoms with E-state index in [2.05, 4.69) is 11.1 Å². The molecule has 3 aromatic carbocycles. The number of hydrogen-bond donors (Lipinski definition) is 1. The van der Waals surface area contributed by atoms with Gasteiger partial charge in [0.05, 0.1) is 22.7 Å². The van der Waals surface area contributed by atoms with Gasteiger partial charge in [-0.1, -0.05) is 29.8 Å². The Labute approximate surface area is 161 Å². The van der Waals surface area contributed by atoms with Crippen molar-refractivity contribution in [2.24, 2.45) is 0 Å². The third-order valence-electron chi connectivity index (χ3n) is 4.54. The molecule has 1 heterocycles. The molecule has 4 nitrogen and oxygen atoms in total. The topological polar surface area (TPSA) is 61.8 Å². The standard InChI is InChI=1S/C22H16ClN3O/c23-20-6-4-16(13-24)10-19(20)17-2-1-3-18(12-17)26-14-25-21-11-15(8-9-27)5-7-22(21)26/h1-7,10-12,14,27H,8-9H2. The van der Waals surface area contributed by atoms with Crippen LogP contribution in [-0.2, 0) is 6.42 Å². The highest BCUT2D eigenvalue weighted by molar-refractivity contribution is 6.33. The van der Waals surface area contributed by atoms with E-state index in [1.54, 1.807) is 24.5 Å². The van der Waals surface area contributed by atoms with Crippen molar-refractivity contribution in [3.8, 4) is 22.9 Å². The van der Waals surface area contributed by atoms with Gasteiger partial charge in [-0.3, -0.25) is 4.57 Å². The fraction of sp³-hybridized carbons (Fsp3) is 0.0909. The first-order valence-corrected chi connectivity index (χ1v) is 8.94. The average molecular weight is 374 g/mol. The van der Waals surface area contributed by atoms with Crippen LogP contribution in [0.3, 0.4) is 0 Å². The van der Waals surface area contributed by atoms with Gasteiger partial charge in [0.25, 0.3) is 0 Å². The maximum atomic E-state index is 9.16. The molecule has 0 aliphatic rings. The first-order valence-electron chi connectivity index (χ1n) is 8.57. The van der Waals surface area contributed by atoms with Crippen LogP contribution < -0.4 is 0 Å². The second-order valence-corrected chi connectivity index (χ2v) is 6.68. The number of nitriles is 1. The first-order chi connectivity index (χ1) is 13.2. The minimum absolute atomic E-state index is 0.122. The normalized spacial score (nSPS) is 10.9. The molecule has 0 saturated heterocycles. The van der Waals surface area contributed by atoms with Gasteiger partial charge in [0.1, 0.15) is 6.33 Å². The zero-order chi connectivity index (χ0) is 18.8. The summed E-state index contributed by atoms with van der Waals surface area (Å²) >= 11 is 6.36. The van der Waals surface area contributed by atoms with Gasteiger partial charge in [-0.15, -0.1) is 0 Å². The van der Waals surface area contributed by atoms with E-state index in [9.17, 15) is 0 Å². The number of aromatic nitrogens is 2. The summed E-state index contributed by atoms with van der Waals surface area (Å²) in [6.07, 6.45) is 2.41. The van der Waals surface area contributed by atoms with E-state index < -0.39 is 0 Å². The van der Waals surface area contributed by atoms with E-state index in [4.69, 9.17) is 22.0 Å². The number of benzene rings is 3. The molecule has 5 heteroatoms. The highest BCUT2D eigenvalue weighted by atomic mass is 35.5. The summed E-state index contributed by atoms with van der Waals surface area (Å²) in [6, 6.07) is 21.4. The molecule has 1 aromatic heterocycles. The minimum atomic E-state index is 0.122. The summed E-state index contributed by atoms with van der Waals surface area (Å²) in [4.78, 5) is 4.50. The molecule has 0 fully saturated rings. The maximum absolute atomic E-state index is 9.16. The molecular weight excluding hydrogens is 358 g/mol. The van der Waals surface area contributed by atoms with Crippen molar-refractivity contribution in [1.82, 2.24) is 9.55 Å². The largest absolute Gasteiger partial charge is 0.396 e. The third-order valence-corrected chi connectivity index (χ3v) is 4.87. The number of nitrogens with zero attached hydrogens (tertiary/aromatic N) is 3. The highest BCUT2D eigenvalue weighted by Crippen LogP contribution is 2.31. The molecule has 0 aliphatic heterocycles.